The highest BCUT2D eigenvalue weighted by Crippen LogP contribution is 2.21. The second kappa shape index (κ2) is 6.81. The van der Waals surface area contributed by atoms with Crippen LogP contribution >= 0.6 is 12.2 Å². The van der Waals surface area contributed by atoms with Crippen LogP contribution in [0.15, 0.2) is 22.8 Å². The van der Waals surface area contributed by atoms with Crippen LogP contribution in [0.1, 0.15) is 20.3 Å². The first-order chi connectivity index (χ1) is 11.4. The Morgan fingerprint density at radius 2 is 2.25 bits per heavy atom. The monoisotopic (exact) mass is 370 g/mol. The number of rotatable bonds is 6. The molecule has 0 aromatic carbocycles. The molecule has 0 radical (unpaired) electrons. The van der Waals surface area contributed by atoms with Gasteiger partial charge in [-0.2, -0.15) is 0 Å². The summed E-state index contributed by atoms with van der Waals surface area (Å²) in [6.45, 7) is 5.96. The molecule has 2 aromatic heterocycles. The van der Waals surface area contributed by atoms with Crippen molar-refractivity contribution in [2.45, 2.75) is 39.5 Å². The highest BCUT2D eigenvalue weighted by molar-refractivity contribution is 7.91. The van der Waals surface area contributed by atoms with E-state index in [1.54, 1.807) is 10.9 Å². The summed E-state index contributed by atoms with van der Waals surface area (Å²) in [5.74, 6) is 1.85. The van der Waals surface area contributed by atoms with Crippen LogP contribution in [0, 0.1) is 4.77 Å². The maximum atomic E-state index is 11.8. The first-order valence-electron chi connectivity index (χ1n) is 8.11. The molecule has 0 aliphatic carbocycles. The van der Waals surface area contributed by atoms with Gasteiger partial charge in [0.2, 0.25) is 0 Å². The summed E-state index contributed by atoms with van der Waals surface area (Å²) in [6.07, 6.45) is 2.28. The van der Waals surface area contributed by atoms with Crippen molar-refractivity contribution in [3.05, 3.63) is 23.2 Å². The molecule has 1 atom stereocenters. The van der Waals surface area contributed by atoms with Gasteiger partial charge in [0.25, 0.3) is 0 Å². The summed E-state index contributed by atoms with van der Waals surface area (Å²) in [7, 11) is -2.91. The Balaban J connectivity index is 1.88. The minimum absolute atomic E-state index is 0.0285. The lowest BCUT2D eigenvalue weighted by molar-refractivity contribution is 0.164. The molecule has 0 unspecified atom stereocenters. The van der Waals surface area contributed by atoms with Gasteiger partial charge in [-0.05, 0) is 44.2 Å². The van der Waals surface area contributed by atoms with Crippen LogP contribution in [-0.4, -0.2) is 51.8 Å². The average Bonchev–Trinajstić information content (AvgIpc) is 3.24. The van der Waals surface area contributed by atoms with Gasteiger partial charge >= 0.3 is 0 Å². The molecule has 0 N–H and O–H groups in total. The summed E-state index contributed by atoms with van der Waals surface area (Å²) in [5.41, 5.74) is 0. The van der Waals surface area contributed by atoms with E-state index < -0.39 is 9.84 Å². The van der Waals surface area contributed by atoms with E-state index in [4.69, 9.17) is 16.6 Å². The number of hydrogen-bond donors (Lipinski definition) is 0. The van der Waals surface area contributed by atoms with Crippen molar-refractivity contribution in [3.63, 3.8) is 0 Å². The average molecular weight is 371 g/mol. The molecule has 132 valence electrons. The van der Waals surface area contributed by atoms with Crippen molar-refractivity contribution in [1.82, 2.24) is 19.2 Å². The Hall–Kier alpha value is -1.45. The Labute approximate surface area is 146 Å². The molecule has 1 saturated heterocycles. The van der Waals surface area contributed by atoms with Crippen LogP contribution in [0.4, 0.5) is 0 Å². The van der Waals surface area contributed by atoms with Gasteiger partial charge in [-0.25, -0.2) is 13.1 Å². The summed E-state index contributed by atoms with van der Waals surface area (Å²) in [4.78, 5) is 2.12. The Kier molecular flexibility index (Phi) is 4.93. The summed E-state index contributed by atoms with van der Waals surface area (Å²) >= 11 is 5.55. The molecule has 3 rings (SSSR count). The van der Waals surface area contributed by atoms with E-state index in [0.717, 1.165) is 6.54 Å². The van der Waals surface area contributed by atoms with Crippen LogP contribution in [0.5, 0.6) is 0 Å². The van der Waals surface area contributed by atoms with E-state index in [1.807, 2.05) is 30.5 Å². The lowest BCUT2D eigenvalue weighted by Gasteiger charge is -2.25. The topological polar surface area (TPSA) is 73.3 Å². The molecule has 0 spiro atoms. The van der Waals surface area contributed by atoms with E-state index in [0.29, 0.717) is 36.0 Å². The van der Waals surface area contributed by atoms with Gasteiger partial charge in [0.1, 0.15) is 0 Å². The molecule has 2 aromatic rings. The first-order valence-corrected chi connectivity index (χ1v) is 10.3. The van der Waals surface area contributed by atoms with Crippen molar-refractivity contribution in [3.8, 4) is 11.6 Å². The number of aromatic nitrogens is 3. The SMILES string of the molecule is CCN(Cn1nc(-c2ccco2)n(CC)c1=S)[C@H]1CCS(=O)(=O)C1. The molecular weight excluding hydrogens is 348 g/mol. The van der Waals surface area contributed by atoms with Gasteiger partial charge < -0.3 is 4.42 Å². The van der Waals surface area contributed by atoms with Crippen molar-refractivity contribution in [2.75, 3.05) is 18.1 Å². The zero-order valence-corrected chi connectivity index (χ0v) is 15.5. The van der Waals surface area contributed by atoms with E-state index in [2.05, 4.69) is 10.00 Å². The quantitative estimate of drug-likeness (QED) is 0.726. The van der Waals surface area contributed by atoms with Gasteiger partial charge in [0.05, 0.1) is 24.4 Å². The third-order valence-electron chi connectivity index (χ3n) is 4.43. The summed E-state index contributed by atoms with van der Waals surface area (Å²) in [6, 6.07) is 3.70. The summed E-state index contributed by atoms with van der Waals surface area (Å²) in [5, 5.41) is 4.61. The van der Waals surface area contributed by atoms with Gasteiger partial charge in [-0.15, -0.1) is 5.10 Å². The van der Waals surface area contributed by atoms with E-state index >= 15 is 0 Å². The molecule has 7 nitrogen and oxygen atoms in total. The van der Waals surface area contributed by atoms with Crippen LogP contribution < -0.4 is 0 Å². The van der Waals surface area contributed by atoms with Crippen LogP contribution in [0.2, 0.25) is 0 Å². The molecule has 1 aliphatic rings. The minimum atomic E-state index is -2.91. The molecule has 0 amide bonds. The Bertz CT molecular complexity index is 852. The second-order valence-electron chi connectivity index (χ2n) is 5.93. The maximum Gasteiger partial charge on any atom is 0.199 e. The predicted molar refractivity (Wildman–Crippen MR) is 93.9 cm³/mol. The molecule has 24 heavy (non-hydrogen) atoms. The zero-order chi connectivity index (χ0) is 17.3. The third kappa shape index (κ3) is 3.33. The Morgan fingerprint density at radius 3 is 2.79 bits per heavy atom. The van der Waals surface area contributed by atoms with Crippen molar-refractivity contribution >= 4 is 22.1 Å². The lowest BCUT2D eigenvalue weighted by Crippen LogP contribution is -2.37. The van der Waals surface area contributed by atoms with E-state index in [9.17, 15) is 8.42 Å². The number of hydrogen-bond acceptors (Lipinski definition) is 6. The predicted octanol–water partition coefficient (Wildman–Crippen LogP) is 2.16. The fourth-order valence-electron chi connectivity index (χ4n) is 3.12. The molecule has 0 bridgehead atoms. The molecule has 1 aliphatic heterocycles. The molecule has 1 fully saturated rings. The maximum absolute atomic E-state index is 11.8. The highest BCUT2D eigenvalue weighted by atomic mass is 32.2. The number of nitrogens with zero attached hydrogens (tertiary/aromatic N) is 4. The smallest absolute Gasteiger partial charge is 0.199 e. The van der Waals surface area contributed by atoms with Gasteiger partial charge in [-0.1, -0.05) is 6.92 Å². The second-order valence-corrected chi connectivity index (χ2v) is 8.52. The number of furan rings is 1. The molecule has 9 heteroatoms. The minimum Gasteiger partial charge on any atom is -0.461 e. The van der Waals surface area contributed by atoms with E-state index in [-0.39, 0.29) is 17.5 Å². The number of sulfone groups is 1. The third-order valence-corrected chi connectivity index (χ3v) is 6.61. The van der Waals surface area contributed by atoms with Crippen molar-refractivity contribution in [2.24, 2.45) is 0 Å². The standard InChI is InChI=1S/C15H22N4O3S2/c1-3-17(12-7-9-24(20,21)10-12)11-19-15(23)18(4-2)14(16-19)13-6-5-8-22-13/h5-6,8,12H,3-4,7,9-11H2,1-2H3/t12-/m0/s1. The van der Waals surface area contributed by atoms with E-state index in [1.165, 1.54) is 0 Å². The van der Waals surface area contributed by atoms with Crippen LogP contribution in [0.3, 0.4) is 0 Å². The zero-order valence-electron chi connectivity index (χ0n) is 13.9. The van der Waals surface area contributed by atoms with Crippen molar-refractivity contribution < 1.29 is 12.8 Å². The van der Waals surface area contributed by atoms with Gasteiger partial charge in [0.15, 0.2) is 26.2 Å². The normalized spacial score (nSPS) is 20.0. The summed E-state index contributed by atoms with van der Waals surface area (Å²) < 4.78 is 33.3. The lowest BCUT2D eigenvalue weighted by atomic mass is 10.2. The van der Waals surface area contributed by atoms with Crippen molar-refractivity contribution in [1.29, 1.82) is 0 Å². The Morgan fingerprint density at radius 1 is 1.46 bits per heavy atom. The molecule has 3 heterocycles. The highest BCUT2D eigenvalue weighted by Gasteiger charge is 2.32. The van der Waals surface area contributed by atoms with Gasteiger partial charge in [-0.3, -0.25) is 9.47 Å². The molecule has 0 saturated carbocycles. The molecular formula is C15H22N4O3S2. The fourth-order valence-corrected chi connectivity index (χ4v) is 5.19. The van der Waals surface area contributed by atoms with Crippen LogP contribution in [-0.2, 0) is 23.1 Å². The largest absolute Gasteiger partial charge is 0.461 e. The first kappa shape index (κ1) is 17.4. The van der Waals surface area contributed by atoms with Gasteiger partial charge in [0, 0.05) is 12.6 Å². The fraction of sp³-hybridized carbons (Fsp3) is 0.600. The van der Waals surface area contributed by atoms with Crippen LogP contribution in [0.25, 0.3) is 11.6 Å².